The van der Waals surface area contributed by atoms with Crippen molar-refractivity contribution in [3.63, 3.8) is 0 Å². The number of rotatable bonds is 1. The number of aromatic nitrogens is 1. The van der Waals surface area contributed by atoms with Crippen molar-refractivity contribution in [2.75, 3.05) is 0 Å². The number of aryl methyl sites for hydroxylation is 1. The average molecular weight is 287 g/mol. The molecule has 0 N–H and O–H groups in total. The van der Waals surface area contributed by atoms with Crippen molar-refractivity contribution in [2.24, 2.45) is 5.92 Å². The Morgan fingerprint density at radius 3 is 3.15 bits per heavy atom. The Balaban J connectivity index is 1.96. The fourth-order valence-corrected chi connectivity index (χ4v) is 4.15. The van der Waals surface area contributed by atoms with Gasteiger partial charge in [0.25, 0.3) is 5.89 Å². The molecular formula is C15H13NO3S. The number of nitrogens with zero attached hydrogens (tertiary/aromatic N) is 1. The normalized spacial score (nSPS) is 18.4. The summed E-state index contributed by atoms with van der Waals surface area (Å²) in [6.45, 7) is 2.25. The van der Waals surface area contributed by atoms with E-state index in [1.54, 1.807) is 29.7 Å². The van der Waals surface area contributed by atoms with Crippen LogP contribution in [0.25, 0.3) is 21.9 Å². The first kappa shape index (κ1) is 11.9. The molecule has 4 nitrogen and oxygen atoms in total. The van der Waals surface area contributed by atoms with E-state index in [0.717, 1.165) is 29.7 Å². The minimum atomic E-state index is -0.298. The van der Waals surface area contributed by atoms with E-state index in [2.05, 4.69) is 11.9 Å². The van der Waals surface area contributed by atoms with E-state index < -0.39 is 0 Å². The zero-order valence-corrected chi connectivity index (χ0v) is 11.8. The van der Waals surface area contributed by atoms with Gasteiger partial charge in [0.1, 0.15) is 10.2 Å². The first-order chi connectivity index (χ1) is 9.72. The summed E-state index contributed by atoms with van der Waals surface area (Å²) in [4.78, 5) is 18.8. The lowest BCUT2D eigenvalue weighted by Gasteiger charge is -2.17. The SMILES string of the molecule is C[C@H]1CCc2c(sc3nc(-c4ccco4)oc(=O)c23)C1. The molecule has 1 aliphatic rings. The summed E-state index contributed by atoms with van der Waals surface area (Å²) in [6, 6.07) is 3.50. The maximum atomic E-state index is 12.3. The Morgan fingerprint density at radius 1 is 1.45 bits per heavy atom. The standard InChI is InChI=1S/C15H13NO3S/c1-8-4-5-9-11(7-8)20-14-12(9)15(17)19-13(16-14)10-3-2-6-18-10/h2-3,6,8H,4-5,7H2,1H3/t8-/m0/s1. The molecule has 0 aromatic carbocycles. The van der Waals surface area contributed by atoms with Gasteiger partial charge in [-0.2, -0.15) is 4.98 Å². The minimum absolute atomic E-state index is 0.263. The van der Waals surface area contributed by atoms with Gasteiger partial charge in [0, 0.05) is 4.88 Å². The topological polar surface area (TPSA) is 56.2 Å². The van der Waals surface area contributed by atoms with Crippen LogP contribution in [0, 0.1) is 5.92 Å². The Labute approximate surface area is 119 Å². The van der Waals surface area contributed by atoms with Crippen molar-refractivity contribution < 1.29 is 8.83 Å². The van der Waals surface area contributed by atoms with Crippen LogP contribution in [0.5, 0.6) is 0 Å². The first-order valence-electron chi connectivity index (χ1n) is 6.71. The van der Waals surface area contributed by atoms with Crippen molar-refractivity contribution in [3.05, 3.63) is 39.3 Å². The van der Waals surface area contributed by atoms with Crippen LogP contribution in [-0.4, -0.2) is 4.98 Å². The van der Waals surface area contributed by atoms with Crippen LogP contribution in [0.1, 0.15) is 23.8 Å². The van der Waals surface area contributed by atoms with Gasteiger partial charge in [0.2, 0.25) is 0 Å². The van der Waals surface area contributed by atoms with Crippen molar-refractivity contribution in [1.82, 2.24) is 4.98 Å². The van der Waals surface area contributed by atoms with E-state index in [0.29, 0.717) is 17.1 Å². The Kier molecular flexibility index (Phi) is 2.57. The zero-order chi connectivity index (χ0) is 13.7. The summed E-state index contributed by atoms with van der Waals surface area (Å²) in [5, 5.41) is 0.673. The molecule has 3 aromatic heterocycles. The molecule has 0 unspecified atom stereocenters. The molecule has 0 saturated heterocycles. The second-order valence-electron chi connectivity index (χ2n) is 5.32. The van der Waals surface area contributed by atoms with Gasteiger partial charge >= 0.3 is 5.63 Å². The average Bonchev–Trinajstić information content (AvgIpc) is 3.04. The van der Waals surface area contributed by atoms with Crippen LogP contribution in [0.4, 0.5) is 0 Å². The molecule has 0 fully saturated rings. The molecule has 1 atom stereocenters. The summed E-state index contributed by atoms with van der Waals surface area (Å²) in [7, 11) is 0. The molecule has 0 amide bonds. The molecule has 4 rings (SSSR count). The first-order valence-corrected chi connectivity index (χ1v) is 7.53. The highest BCUT2D eigenvalue weighted by molar-refractivity contribution is 7.18. The summed E-state index contributed by atoms with van der Waals surface area (Å²) in [5.41, 5.74) is 0.851. The largest absolute Gasteiger partial charge is 0.459 e. The smallest absolute Gasteiger partial charge is 0.348 e. The van der Waals surface area contributed by atoms with E-state index in [1.165, 1.54) is 4.88 Å². The molecule has 0 radical (unpaired) electrons. The highest BCUT2D eigenvalue weighted by Crippen LogP contribution is 2.36. The lowest BCUT2D eigenvalue weighted by Crippen LogP contribution is -2.11. The quantitative estimate of drug-likeness (QED) is 0.685. The van der Waals surface area contributed by atoms with Gasteiger partial charge in [0.05, 0.1) is 6.26 Å². The lowest BCUT2D eigenvalue weighted by molar-refractivity contribution is 0.480. The molecule has 1 aliphatic carbocycles. The minimum Gasteiger partial charge on any atom is -0.459 e. The molecule has 102 valence electrons. The van der Waals surface area contributed by atoms with Gasteiger partial charge in [-0.3, -0.25) is 0 Å². The van der Waals surface area contributed by atoms with Crippen LogP contribution < -0.4 is 5.63 Å². The van der Waals surface area contributed by atoms with E-state index in [9.17, 15) is 4.79 Å². The van der Waals surface area contributed by atoms with Crippen LogP contribution in [0.2, 0.25) is 0 Å². The van der Waals surface area contributed by atoms with Gasteiger partial charge in [0.15, 0.2) is 5.76 Å². The van der Waals surface area contributed by atoms with Crippen LogP contribution >= 0.6 is 11.3 Å². The highest BCUT2D eigenvalue weighted by Gasteiger charge is 2.24. The predicted molar refractivity (Wildman–Crippen MR) is 77.0 cm³/mol. The number of thiophene rings is 1. The van der Waals surface area contributed by atoms with Gasteiger partial charge in [-0.05, 0) is 42.9 Å². The van der Waals surface area contributed by atoms with Gasteiger partial charge in [-0.25, -0.2) is 4.79 Å². The fourth-order valence-electron chi connectivity index (χ4n) is 2.79. The highest BCUT2D eigenvalue weighted by atomic mass is 32.1. The second-order valence-corrected chi connectivity index (χ2v) is 6.40. The van der Waals surface area contributed by atoms with Crippen molar-refractivity contribution >= 4 is 21.6 Å². The third-order valence-electron chi connectivity index (χ3n) is 3.82. The summed E-state index contributed by atoms with van der Waals surface area (Å²) >= 11 is 1.62. The number of fused-ring (bicyclic) bond motifs is 3. The van der Waals surface area contributed by atoms with Crippen molar-refractivity contribution in [1.29, 1.82) is 0 Å². The molecular weight excluding hydrogens is 274 g/mol. The van der Waals surface area contributed by atoms with Gasteiger partial charge in [-0.15, -0.1) is 11.3 Å². The molecule has 3 heterocycles. The van der Waals surface area contributed by atoms with E-state index in [1.807, 2.05) is 0 Å². The van der Waals surface area contributed by atoms with Crippen LogP contribution in [-0.2, 0) is 12.8 Å². The second kappa shape index (κ2) is 4.31. The molecule has 0 spiro atoms. The number of hydrogen-bond acceptors (Lipinski definition) is 5. The monoisotopic (exact) mass is 287 g/mol. The molecule has 5 heteroatoms. The fraction of sp³-hybridized carbons (Fsp3) is 0.333. The number of furan rings is 1. The van der Waals surface area contributed by atoms with E-state index in [4.69, 9.17) is 8.83 Å². The molecule has 20 heavy (non-hydrogen) atoms. The van der Waals surface area contributed by atoms with E-state index >= 15 is 0 Å². The molecule has 3 aromatic rings. The lowest BCUT2D eigenvalue weighted by atomic mass is 9.89. The van der Waals surface area contributed by atoms with E-state index in [-0.39, 0.29) is 11.5 Å². The Hall–Kier alpha value is -1.88. The maximum absolute atomic E-state index is 12.3. The van der Waals surface area contributed by atoms with Crippen LogP contribution in [0.3, 0.4) is 0 Å². The Bertz CT molecular complexity index is 829. The van der Waals surface area contributed by atoms with Crippen molar-refractivity contribution in [2.45, 2.75) is 26.2 Å². The molecule has 0 bridgehead atoms. The molecule has 0 aliphatic heterocycles. The predicted octanol–water partition coefficient (Wildman–Crippen LogP) is 3.63. The van der Waals surface area contributed by atoms with Crippen molar-refractivity contribution in [3.8, 4) is 11.7 Å². The van der Waals surface area contributed by atoms with Gasteiger partial charge in [-0.1, -0.05) is 6.92 Å². The third-order valence-corrected chi connectivity index (χ3v) is 4.97. The zero-order valence-electron chi connectivity index (χ0n) is 11.0. The number of hydrogen-bond donors (Lipinski definition) is 0. The Morgan fingerprint density at radius 2 is 2.35 bits per heavy atom. The third kappa shape index (κ3) is 1.73. The molecule has 0 saturated carbocycles. The van der Waals surface area contributed by atoms with Crippen LogP contribution in [0.15, 0.2) is 32.0 Å². The summed E-state index contributed by atoms with van der Waals surface area (Å²) in [5.74, 6) is 1.43. The van der Waals surface area contributed by atoms with Gasteiger partial charge < -0.3 is 8.83 Å². The summed E-state index contributed by atoms with van der Waals surface area (Å²) in [6.07, 6.45) is 4.65. The maximum Gasteiger partial charge on any atom is 0.348 e. The summed E-state index contributed by atoms with van der Waals surface area (Å²) < 4.78 is 10.6.